The van der Waals surface area contributed by atoms with Crippen molar-refractivity contribution in [2.75, 3.05) is 19.6 Å². The molecule has 140 valence electrons. The van der Waals surface area contributed by atoms with Crippen LogP contribution in [0.2, 0.25) is 0 Å². The van der Waals surface area contributed by atoms with Crippen molar-refractivity contribution in [1.82, 2.24) is 19.5 Å². The van der Waals surface area contributed by atoms with Gasteiger partial charge in [-0.2, -0.15) is 0 Å². The van der Waals surface area contributed by atoms with Crippen LogP contribution in [0.25, 0.3) is 0 Å². The molecule has 2 aromatic rings. The number of nitrogens with zero attached hydrogens (tertiary/aromatic N) is 4. The van der Waals surface area contributed by atoms with E-state index in [-0.39, 0.29) is 18.1 Å². The molecule has 0 radical (unpaired) electrons. The van der Waals surface area contributed by atoms with Crippen molar-refractivity contribution in [1.29, 1.82) is 0 Å². The van der Waals surface area contributed by atoms with E-state index in [0.29, 0.717) is 24.5 Å². The second kappa shape index (κ2) is 6.89. The lowest BCUT2D eigenvalue weighted by molar-refractivity contribution is 0.0630. The number of rotatable bonds is 3. The molecule has 2 aliphatic heterocycles. The van der Waals surface area contributed by atoms with Crippen LogP contribution in [0.3, 0.4) is 0 Å². The van der Waals surface area contributed by atoms with E-state index in [1.807, 2.05) is 4.90 Å². The average Bonchev–Trinajstić information content (AvgIpc) is 3.24. The third-order valence-corrected chi connectivity index (χ3v) is 5.67. The highest BCUT2D eigenvalue weighted by atomic mass is 16.5. The minimum atomic E-state index is -0.193. The monoisotopic (exact) mass is 358 g/mol. The second-order valence-electron chi connectivity index (χ2n) is 7.41. The Morgan fingerprint density at radius 1 is 1.27 bits per heavy atom. The van der Waals surface area contributed by atoms with Crippen molar-refractivity contribution in [3.05, 3.63) is 41.0 Å². The molecule has 4 rings (SSSR count). The summed E-state index contributed by atoms with van der Waals surface area (Å²) < 4.78 is 7.68. The smallest absolute Gasteiger partial charge is 0.276 e. The van der Waals surface area contributed by atoms with Crippen molar-refractivity contribution in [3.8, 4) is 0 Å². The SMILES string of the molecule is Cc1ccc2n1CCN(C(=O)c1cc(CN3CCC(O)CC3)on1)[C@@H]2C. The molecule has 0 spiro atoms. The highest BCUT2D eigenvalue weighted by Crippen LogP contribution is 2.28. The number of aryl methyl sites for hydroxylation is 1. The van der Waals surface area contributed by atoms with E-state index >= 15 is 0 Å². The maximum absolute atomic E-state index is 12.9. The second-order valence-corrected chi connectivity index (χ2v) is 7.41. The Labute approximate surface area is 153 Å². The highest BCUT2D eigenvalue weighted by molar-refractivity contribution is 5.92. The molecule has 0 aliphatic carbocycles. The summed E-state index contributed by atoms with van der Waals surface area (Å²) in [5.74, 6) is 0.625. The van der Waals surface area contributed by atoms with Crippen LogP contribution in [-0.2, 0) is 13.1 Å². The molecule has 0 unspecified atom stereocenters. The molecule has 26 heavy (non-hydrogen) atoms. The van der Waals surface area contributed by atoms with E-state index in [1.54, 1.807) is 6.07 Å². The quantitative estimate of drug-likeness (QED) is 0.908. The predicted molar refractivity (Wildman–Crippen MR) is 95.6 cm³/mol. The first-order chi connectivity index (χ1) is 12.5. The zero-order chi connectivity index (χ0) is 18.3. The van der Waals surface area contributed by atoms with E-state index < -0.39 is 0 Å². The van der Waals surface area contributed by atoms with Gasteiger partial charge < -0.3 is 19.1 Å². The average molecular weight is 358 g/mol. The summed E-state index contributed by atoms with van der Waals surface area (Å²) in [6.45, 7) is 7.94. The Morgan fingerprint density at radius 3 is 2.81 bits per heavy atom. The van der Waals surface area contributed by atoms with Crippen LogP contribution in [0.5, 0.6) is 0 Å². The lowest BCUT2D eigenvalue weighted by atomic mass is 10.1. The predicted octanol–water partition coefficient (Wildman–Crippen LogP) is 1.96. The van der Waals surface area contributed by atoms with Crippen molar-refractivity contribution < 1.29 is 14.4 Å². The Balaban J connectivity index is 1.43. The van der Waals surface area contributed by atoms with E-state index in [1.165, 1.54) is 5.69 Å². The van der Waals surface area contributed by atoms with Gasteiger partial charge in [0, 0.05) is 43.6 Å². The molecule has 0 saturated carbocycles. The van der Waals surface area contributed by atoms with Gasteiger partial charge in [0.15, 0.2) is 11.5 Å². The van der Waals surface area contributed by atoms with E-state index in [2.05, 4.69) is 40.6 Å². The molecule has 2 aromatic heterocycles. The molecule has 1 saturated heterocycles. The summed E-state index contributed by atoms with van der Waals surface area (Å²) >= 11 is 0. The van der Waals surface area contributed by atoms with Crippen LogP contribution in [0, 0.1) is 6.92 Å². The van der Waals surface area contributed by atoms with Gasteiger partial charge in [-0.3, -0.25) is 9.69 Å². The van der Waals surface area contributed by atoms with Gasteiger partial charge in [-0.25, -0.2) is 0 Å². The minimum Gasteiger partial charge on any atom is -0.393 e. The molecule has 7 nitrogen and oxygen atoms in total. The molecule has 1 atom stereocenters. The van der Waals surface area contributed by atoms with Crippen LogP contribution >= 0.6 is 0 Å². The van der Waals surface area contributed by atoms with Gasteiger partial charge in [-0.15, -0.1) is 0 Å². The number of piperidine rings is 1. The highest BCUT2D eigenvalue weighted by Gasteiger charge is 2.31. The number of carbonyl (C=O) groups is 1. The summed E-state index contributed by atoms with van der Waals surface area (Å²) in [6.07, 6.45) is 1.37. The molecule has 1 fully saturated rings. The lowest BCUT2D eigenvalue weighted by Crippen LogP contribution is -2.41. The normalized spacial score (nSPS) is 21.8. The van der Waals surface area contributed by atoms with Gasteiger partial charge in [-0.1, -0.05) is 5.16 Å². The van der Waals surface area contributed by atoms with E-state index in [4.69, 9.17) is 4.52 Å². The first kappa shape index (κ1) is 17.3. The Hall–Kier alpha value is -2.12. The maximum atomic E-state index is 12.9. The third kappa shape index (κ3) is 3.17. The molecule has 0 aromatic carbocycles. The molecule has 4 heterocycles. The van der Waals surface area contributed by atoms with Gasteiger partial charge in [0.2, 0.25) is 0 Å². The van der Waals surface area contributed by atoms with Gasteiger partial charge in [0.1, 0.15) is 0 Å². The van der Waals surface area contributed by atoms with Crippen LogP contribution in [-0.4, -0.2) is 56.3 Å². The van der Waals surface area contributed by atoms with Crippen molar-refractivity contribution in [2.45, 2.75) is 51.9 Å². The number of amides is 1. The summed E-state index contributed by atoms with van der Waals surface area (Å²) in [7, 11) is 0. The van der Waals surface area contributed by atoms with Crippen molar-refractivity contribution in [2.24, 2.45) is 0 Å². The molecule has 7 heteroatoms. The molecule has 2 aliphatic rings. The Kier molecular flexibility index (Phi) is 4.58. The number of aromatic nitrogens is 2. The summed E-state index contributed by atoms with van der Waals surface area (Å²) in [6, 6.07) is 5.98. The van der Waals surface area contributed by atoms with Crippen LogP contribution < -0.4 is 0 Å². The number of hydrogen-bond donors (Lipinski definition) is 1. The largest absolute Gasteiger partial charge is 0.393 e. The fourth-order valence-corrected chi connectivity index (χ4v) is 4.03. The third-order valence-electron chi connectivity index (χ3n) is 5.67. The number of hydrogen-bond acceptors (Lipinski definition) is 5. The summed E-state index contributed by atoms with van der Waals surface area (Å²) in [4.78, 5) is 17.0. The van der Waals surface area contributed by atoms with Gasteiger partial charge in [0.05, 0.1) is 18.7 Å². The van der Waals surface area contributed by atoms with Crippen LogP contribution in [0.15, 0.2) is 22.7 Å². The maximum Gasteiger partial charge on any atom is 0.276 e. The van der Waals surface area contributed by atoms with Gasteiger partial charge >= 0.3 is 0 Å². The molecule has 1 N–H and O–H groups in total. The van der Waals surface area contributed by atoms with Crippen LogP contribution in [0.1, 0.15) is 53.4 Å². The number of likely N-dealkylation sites (tertiary alicyclic amines) is 1. The first-order valence-electron chi connectivity index (χ1n) is 9.36. The first-order valence-corrected chi connectivity index (χ1v) is 9.36. The van der Waals surface area contributed by atoms with Gasteiger partial charge in [0.25, 0.3) is 5.91 Å². The van der Waals surface area contributed by atoms with Crippen molar-refractivity contribution in [3.63, 3.8) is 0 Å². The number of aliphatic hydroxyl groups excluding tert-OH is 1. The Bertz CT molecular complexity index is 789. The lowest BCUT2D eigenvalue weighted by Gasteiger charge is -2.35. The molecule has 1 amide bonds. The fraction of sp³-hybridized carbons (Fsp3) is 0.579. The molecular formula is C19H26N4O3. The number of aliphatic hydroxyl groups is 1. The zero-order valence-electron chi connectivity index (χ0n) is 15.4. The van der Waals surface area contributed by atoms with E-state index in [0.717, 1.165) is 38.2 Å². The molecular weight excluding hydrogens is 332 g/mol. The standard InChI is InChI=1S/C19H26N4O3/c1-13-3-4-18-14(2)23(10-9-22(13)18)19(25)17-11-16(26-20-17)12-21-7-5-15(24)6-8-21/h3-4,11,14-15,24H,5-10,12H2,1-2H3/t14-/m1/s1. The number of fused-ring (bicyclic) bond motifs is 1. The van der Waals surface area contributed by atoms with Gasteiger partial charge in [-0.05, 0) is 38.8 Å². The van der Waals surface area contributed by atoms with Crippen molar-refractivity contribution >= 4 is 5.91 Å². The Morgan fingerprint density at radius 2 is 2.04 bits per heavy atom. The van der Waals surface area contributed by atoms with Crippen LogP contribution in [0.4, 0.5) is 0 Å². The fourth-order valence-electron chi connectivity index (χ4n) is 4.03. The topological polar surface area (TPSA) is 74.7 Å². The zero-order valence-corrected chi connectivity index (χ0v) is 15.4. The summed E-state index contributed by atoms with van der Waals surface area (Å²) in [5.41, 5.74) is 2.77. The van der Waals surface area contributed by atoms with E-state index in [9.17, 15) is 9.90 Å². The number of carbonyl (C=O) groups excluding carboxylic acids is 1. The molecule has 0 bridgehead atoms. The summed E-state index contributed by atoms with van der Waals surface area (Å²) in [5, 5.41) is 13.6. The minimum absolute atomic E-state index is 0.0219.